The first-order chi connectivity index (χ1) is 13.5. The molecule has 2 N–H and O–H groups in total. The maximum atomic E-state index is 14.9. The number of halogens is 1. The van der Waals surface area contributed by atoms with Gasteiger partial charge in [0.05, 0.1) is 5.39 Å². The third-order valence-electron chi connectivity index (χ3n) is 5.56. The van der Waals surface area contributed by atoms with Crippen molar-refractivity contribution in [3.63, 3.8) is 0 Å². The van der Waals surface area contributed by atoms with Crippen LogP contribution in [0.2, 0.25) is 0 Å². The molecule has 0 amide bonds. The molecule has 1 saturated carbocycles. The van der Waals surface area contributed by atoms with Gasteiger partial charge >= 0.3 is 5.97 Å². The normalized spacial score (nSPS) is 19.5. The first-order valence-electron chi connectivity index (χ1n) is 9.94. The Morgan fingerprint density at radius 3 is 2.86 bits per heavy atom. The maximum Gasteiger partial charge on any atom is 0.341 e. The van der Waals surface area contributed by atoms with Gasteiger partial charge in [-0.3, -0.25) is 4.79 Å². The molecule has 2 aromatic heterocycles. The lowest BCUT2D eigenvalue weighted by Gasteiger charge is -2.20. The highest BCUT2D eigenvalue weighted by atomic mass is 19.1. The standard InChI is InChI=1S/C20H25FN4O3/c1-2-6-22-9-12-5-7-24(10-12)19-16(21)8-14-17(26)15(20(27)28)11-25(13-3-4-13)18(14)23-19/h8,11-13,22H,2-7,9-10H2,1H3,(H,27,28). The monoisotopic (exact) mass is 388 g/mol. The van der Waals surface area contributed by atoms with Crippen LogP contribution in [-0.2, 0) is 0 Å². The lowest BCUT2D eigenvalue weighted by Crippen LogP contribution is -2.28. The molecule has 2 aromatic rings. The van der Waals surface area contributed by atoms with Crippen LogP contribution in [0, 0.1) is 11.7 Å². The van der Waals surface area contributed by atoms with E-state index >= 15 is 0 Å². The summed E-state index contributed by atoms with van der Waals surface area (Å²) in [5.41, 5.74) is -0.640. The zero-order valence-electron chi connectivity index (χ0n) is 15.9. The van der Waals surface area contributed by atoms with Crippen molar-refractivity contribution in [2.75, 3.05) is 31.1 Å². The number of aromatic nitrogens is 2. The van der Waals surface area contributed by atoms with Crippen LogP contribution >= 0.6 is 0 Å². The SMILES string of the molecule is CCCNCC1CCN(c2nc3c(cc2F)c(=O)c(C(=O)O)cn3C2CC2)C1. The highest BCUT2D eigenvalue weighted by Gasteiger charge is 2.30. The van der Waals surface area contributed by atoms with Crippen molar-refractivity contribution >= 4 is 22.8 Å². The molecular weight excluding hydrogens is 363 g/mol. The summed E-state index contributed by atoms with van der Waals surface area (Å²) in [5.74, 6) is -1.18. The van der Waals surface area contributed by atoms with Crippen LogP contribution in [0.1, 0.15) is 49.0 Å². The molecule has 28 heavy (non-hydrogen) atoms. The lowest BCUT2D eigenvalue weighted by atomic mass is 10.1. The zero-order chi connectivity index (χ0) is 19.8. The number of pyridine rings is 2. The number of carbonyl (C=O) groups is 1. The number of anilines is 1. The topological polar surface area (TPSA) is 87.5 Å². The Hall–Kier alpha value is -2.48. The minimum absolute atomic E-state index is 0.0356. The van der Waals surface area contributed by atoms with E-state index in [9.17, 15) is 19.1 Å². The van der Waals surface area contributed by atoms with E-state index in [0.29, 0.717) is 18.1 Å². The van der Waals surface area contributed by atoms with Gasteiger partial charge in [-0.05, 0) is 50.8 Å². The van der Waals surface area contributed by atoms with Gasteiger partial charge in [0.1, 0.15) is 11.2 Å². The number of rotatable bonds is 7. The summed E-state index contributed by atoms with van der Waals surface area (Å²) in [6.45, 7) is 5.42. The van der Waals surface area contributed by atoms with Gasteiger partial charge in [-0.2, -0.15) is 0 Å². The highest BCUT2D eigenvalue weighted by Crippen LogP contribution is 2.37. The average Bonchev–Trinajstić information content (AvgIpc) is 3.40. The Labute approximate surface area is 162 Å². The van der Waals surface area contributed by atoms with E-state index in [0.717, 1.165) is 51.4 Å². The second kappa shape index (κ2) is 7.50. The van der Waals surface area contributed by atoms with Crippen LogP contribution in [0.5, 0.6) is 0 Å². The Morgan fingerprint density at radius 1 is 1.39 bits per heavy atom. The lowest BCUT2D eigenvalue weighted by molar-refractivity contribution is 0.0695. The fourth-order valence-corrected chi connectivity index (χ4v) is 3.92. The van der Waals surface area contributed by atoms with Crippen molar-refractivity contribution in [1.29, 1.82) is 0 Å². The van der Waals surface area contributed by atoms with Crippen molar-refractivity contribution in [2.24, 2.45) is 5.92 Å². The molecule has 1 atom stereocenters. The summed E-state index contributed by atoms with van der Waals surface area (Å²) < 4.78 is 16.6. The maximum absolute atomic E-state index is 14.9. The first-order valence-corrected chi connectivity index (χ1v) is 9.94. The van der Waals surface area contributed by atoms with Crippen molar-refractivity contribution in [3.8, 4) is 0 Å². The van der Waals surface area contributed by atoms with E-state index in [-0.39, 0.29) is 22.8 Å². The number of nitrogens with one attached hydrogen (secondary N) is 1. The molecular formula is C20H25FN4O3. The summed E-state index contributed by atoms with van der Waals surface area (Å²) in [5, 5.41) is 12.8. The molecule has 0 radical (unpaired) electrons. The average molecular weight is 388 g/mol. The molecule has 7 nitrogen and oxygen atoms in total. The number of nitrogens with zero attached hydrogens (tertiary/aromatic N) is 3. The summed E-state index contributed by atoms with van der Waals surface area (Å²) >= 11 is 0. The molecule has 1 unspecified atom stereocenters. The predicted molar refractivity (Wildman–Crippen MR) is 105 cm³/mol. The van der Waals surface area contributed by atoms with Gasteiger partial charge in [-0.15, -0.1) is 0 Å². The van der Waals surface area contributed by atoms with Gasteiger partial charge in [0, 0.05) is 25.3 Å². The number of hydrogen-bond acceptors (Lipinski definition) is 5. The van der Waals surface area contributed by atoms with Crippen LogP contribution < -0.4 is 15.6 Å². The number of fused-ring (bicyclic) bond motifs is 1. The predicted octanol–water partition coefficient (Wildman–Crippen LogP) is 2.39. The largest absolute Gasteiger partial charge is 0.477 e. The van der Waals surface area contributed by atoms with Crippen LogP contribution in [0.25, 0.3) is 11.0 Å². The van der Waals surface area contributed by atoms with Gasteiger partial charge in [-0.25, -0.2) is 14.2 Å². The van der Waals surface area contributed by atoms with Crippen LogP contribution in [0.4, 0.5) is 10.2 Å². The minimum atomic E-state index is -1.30. The van der Waals surface area contributed by atoms with E-state index in [2.05, 4.69) is 17.2 Å². The van der Waals surface area contributed by atoms with Crippen molar-refractivity contribution in [1.82, 2.24) is 14.9 Å². The van der Waals surface area contributed by atoms with E-state index in [4.69, 9.17) is 0 Å². The van der Waals surface area contributed by atoms with Crippen LogP contribution in [-0.4, -0.2) is 46.8 Å². The summed E-state index contributed by atoms with van der Waals surface area (Å²) in [6.07, 6.45) is 5.21. The molecule has 3 heterocycles. The third kappa shape index (κ3) is 3.48. The second-order valence-electron chi connectivity index (χ2n) is 7.79. The molecule has 2 fully saturated rings. The zero-order valence-corrected chi connectivity index (χ0v) is 15.9. The fourth-order valence-electron chi connectivity index (χ4n) is 3.92. The molecule has 0 bridgehead atoms. The number of carboxylic acid groups (broad SMARTS) is 1. The molecule has 0 aromatic carbocycles. The number of aromatic carboxylic acids is 1. The van der Waals surface area contributed by atoms with Gasteiger partial charge in [-0.1, -0.05) is 6.92 Å². The third-order valence-corrected chi connectivity index (χ3v) is 5.56. The van der Waals surface area contributed by atoms with Crippen molar-refractivity contribution < 1.29 is 14.3 Å². The Bertz CT molecular complexity index is 970. The van der Waals surface area contributed by atoms with Gasteiger partial charge < -0.3 is 19.9 Å². The van der Waals surface area contributed by atoms with E-state index in [1.807, 2.05) is 4.90 Å². The second-order valence-corrected chi connectivity index (χ2v) is 7.79. The van der Waals surface area contributed by atoms with E-state index in [1.165, 1.54) is 6.20 Å². The van der Waals surface area contributed by atoms with Crippen molar-refractivity contribution in [2.45, 2.75) is 38.6 Å². The Kier molecular flexibility index (Phi) is 5.05. The van der Waals surface area contributed by atoms with Gasteiger partial charge in [0.2, 0.25) is 5.43 Å². The van der Waals surface area contributed by atoms with Crippen LogP contribution in [0.15, 0.2) is 17.1 Å². The summed E-state index contributed by atoms with van der Waals surface area (Å²) in [4.78, 5) is 30.4. The highest BCUT2D eigenvalue weighted by molar-refractivity contribution is 5.92. The van der Waals surface area contributed by atoms with Gasteiger partial charge in [0.15, 0.2) is 11.6 Å². The number of hydrogen-bond donors (Lipinski definition) is 2. The van der Waals surface area contributed by atoms with E-state index in [1.54, 1.807) is 4.57 Å². The minimum Gasteiger partial charge on any atom is -0.477 e. The quantitative estimate of drug-likeness (QED) is 0.709. The molecule has 1 aliphatic heterocycles. The number of carboxylic acids is 1. The van der Waals surface area contributed by atoms with E-state index < -0.39 is 17.2 Å². The molecule has 2 aliphatic rings. The fraction of sp³-hybridized carbons (Fsp3) is 0.550. The Balaban J connectivity index is 1.70. The molecule has 0 spiro atoms. The Morgan fingerprint density at radius 2 is 2.18 bits per heavy atom. The molecule has 4 rings (SSSR count). The van der Waals surface area contributed by atoms with Gasteiger partial charge in [0.25, 0.3) is 0 Å². The summed E-state index contributed by atoms with van der Waals surface area (Å²) in [7, 11) is 0. The molecule has 1 aliphatic carbocycles. The molecule has 150 valence electrons. The van der Waals surface area contributed by atoms with Crippen LogP contribution in [0.3, 0.4) is 0 Å². The summed E-state index contributed by atoms with van der Waals surface area (Å²) in [6, 6.07) is 1.28. The first kappa shape index (κ1) is 18.9. The molecule has 8 heteroatoms. The molecule has 1 saturated heterocycles. The smallest absolute Gasteiger partial charge is 0.341 e. The van der Waals surface area contributed by atoms with Crippen molar-refractivity contribution in [3.05, 3.63) is 33.9 Å².